The van der Waals surface area contributed by atoms with Gasteiger partial charge in [0.1, 0.15) is 5.82 Å². The van der Waals surface area contributed by atoms with Crippen molar-refractivity contribution < 1.29 is 19.0 Å². The largest absolute Gasteiger partial charge is 0.393 e. The average molecular weight is 338 g/mol. The summed E-state index contributed by atoms with van der Waals surface area (Å²) in [5, 5.41) is 12.6. The Labute approximate surface area is 142 Å². The van der Waals surface area contributed by atoms with Crippen molar-refractivity contribution >= 4 is 11.6 Å². The molecule has 0 aromatic heterocycles. The number of rotatable bonds is 7. The second kappa shape index (κ2) is 8.99. The third-order valence-corrected chi connectivity index (χ3v) is 4.32. The van der Waals surface area contributed by atoms with E-state index in [1.165, 1.54) is 12.1 Å². The van der Waals surface area contributed by atoms with Gasteiger partial charge in [-0.2, -0.15) is 0 Å². The number of ether oxygens (including phenoxy) is 1. The summed E-state index contributed by atoms with van der Waals surface area (Å²) in [5.41, 5.74) is 1.68. The quantitative estimate of drug-likeness (QED) is 0.750. The van der Waals surface area contributed by atoms with Gasteiger partial charge in [-0.3, -0.25) is 4.79 Å². The van der Waals surface area contributed by atoms with Gasteiger partial charge in [-0.1, -0.05) is 0 Å². The molecule has 2 rings (SSSR count). The van der Waals surface area contributed by atoms with Crippen LogP contribution < -0.4 is 10.2 Å². The predicted molar refractivity (Wildman–Crippen MR) is 91.5 cm³/mol. The fourth-order valence-corrected chi connectivity index (χ4v) is 2.97. The number of aliphatic hydroxyl groups is 1. The lowest BCUT2D eigenvalue weighted by Gasteiger charge is -2.34. The summed E-state index contributed by atoms with van der Waals surface area (Å²) in [4.78, 5) is 14.1. The SMILES string of the molecule is CCOCCC(=O)NC(C)c1cc(F)ccc1N1CCC(O)CC1. The molecule has 2 N–H and O–H groups in total. The summed E-state index contributed by atoms with van der Waals surface area (Å²) in [5.74, 6) is -0.429. The Balaban J connectivity index is 2.07. The Kier molecular flexibility index (Phi) is 6.99. The maximum atomic E-state index is 13.7. The minimum absolute atomic E-state index is 0.111. The summed E-state index contributed by atoms with van der Waals surface area (Å²) in [6, 6.07) is 4.38. The molecule has 0 aliphatic carbocycles. The average Bonchev–Trinajstić information content (AvgIpc) is 2.56. The second-order valence-corrected chi connectivity index (χ2v) is 6.16. The van der Waals surface area contributed by atoms with E-state index in [9.17, 15) is 14.3 Å². The van der Waals surface area contributed by atoms with Gasteiger partial charge < -0.3 is 20.1 Å². The van der Waals surface area contributed by atoms with Crippen LogP contribution in [0.3, 0.4) is 0 Å². The Morgan fingerprint density at radius 3 is 2.83 bits per heavy atom. The highest BCUT2D eigenvalue weighted by molar-refractivity contribution is 5.77. The van der Waals surface area contributed by atoms with Crippen molar-refractivity contribution in [2.24, 2.45) is 0 Å². The highest BCUT2D eigenvalue weighted by Crippen LogP contribution is 2.29. The van der Waals surface area contributed by atoms with Gasteiger partial charge in [0.05, 0.1) is 18.8 Å². The molecule has 0 radical (unpaired) electrons. The lowest BCUT2D eigenvalue weighted by molar-refractivity contribution is -0.122. The lowest BCUT2D eigenvalue weighted by Crippen LogP contribution is -2.37. The van der Waals surface area contributed by atoms with Crippen molar-refractivity contribution in [1.29, 1.82) is 0 Å². The van der Waals surface area contributed by atoms with Crippen molar-refractivity contribution in [3.05, 3.63) is 29.6 Å². The number of hydrogen-bond acceptors (Lipinski definition) is 4. The first-order valence-electron chi connectivity index (χ1n) is 8.60. The maximum absolute atomic E-state index is 13.7. The van der Waals surface area contributed by atoms with Crippen LogP contribution in [0.15, 0.2) is 18.2 Å². The van der Waals surface area contributed by atoms with Crippen LogP contribution in [0.25, 0.3) is 0 Å². The molecule has 1 fully saturated rings. The fraction of sp³-hybridized carbons (Fsp3) is 0.611. The first kappa shape index (κ1) is 18.7. The summed E-state index contributed by atoms with van der Waals surface area (Å²) in [7, 11) is 0. The number of piperidine rings is 1. The Morgan fingerprint density at radius 2 is 2.17 bits per heavy atom. The van der Waals surface area contributed by atoms with Gasteiger partial charge in [0.25, 0.3) is 0 Å². The predicted octanol–water partition coefficient (Wildman–Crippen LogP) is 2.39. The second-order valence-electron chi connectivity index (χ2n) is 6.16. The van der Waals surface area contributed by atoms with E-state index in [1.807, 2.05) is 13.8 Å². The van der Waals surface area contributed by atoms with E-state index >= 15 is 0 Å². The number of benzene rings is 1. The van der Waals surface area contributed by atoms with Gasteiger partial charge in [0.2, 0.25) is 5.91 Å². The standard InChI is InChI=1S/C18H27FN2O3/c1-3-24-11-8-18(23)20-13(2)16-12-14(19)4-5-17(16)21-9-6-15(22)7-10-21/h4-5,12-13,15,22H,3,6-11H2,1-2H3,(H,20,23). The molecule has 1 unspecified atom stereocenters. The molecule has 1 aliphatic rings. The van der Waals surface area contributed by atoms with E-state index in [0.717, 1.165) is 24.3 Å². The fourth-order valence-electron chi connectivity index (χ4n) is 2.97. The number of amides is 1. The molecule has 1 atom stereocenters. The highest BCUT2D eigenvalue weighted by Gasteiger charge is 2.22. The van der Waals surface area contributed by atoms with E-state index in [4.69, 9.17) is 4.74 Å². The molecule has 1 aromatic carbocycles. The molecule has 1 aromatic rings. The molecule has 0 saturated carbocycles. The van der Waals surface area contributed by atoms with Gasteiger partial charge in [-0.25, -0.2) is 4.39 Å². The monoisotopic (exact) mass is 338 g/mol. The van der Waals surface area contributed by atoms with Crippen molar-refractivity contribution in [2.75, 3.05) is 31.2 Å². The normalized spacial score (nSPS) is 16.9. The molecule has 6 heteroatoms. The molecule has 0 bridgehead atoms. The van der Waals surface area contributed by atoms with Crippen LogP contribution in [0.4, 0.5) is 10.1 Å². The minimum Gasteiger partial charge on any atom is -0.393 e. The Hall–Kier alpha value is -1.66. The summed E-state index contributed by atoms with van der Waals surface area (Å²) in [6.45, 7) is 6.16. The summed E-state index contributed by atoms with van der Waals surface area (Å²) >= 11 is 0. The van der Waals surface area contributed by atoms with E-state index in [0.29, 0.717) is 32.5 Å². The van der Waals surface area contributed by atoms with Crippen LogP contribution in [-0.4, -0.2) is 43.4 Å². The third kappa shape index (κ3) is 5.18. The van der Waals surface area contributed by atoms with E-state index in [-0.39, 0.29) is 23.9 Å². The van der Waals surface area contributed by atoms with Crippen LogP contribution >= 0.6 is 0 Å². The molecule has 1 aliphatic heterocycles. The van der Waals surface area contributed by atoms with E-state index in [1.54, 1.807) is 6.07 Å². The van der Waals surface area contributed by atoms with E-state index < -0.39 is 0 Å². The van der Waals surface area contributed by atoms with Crippen LogP contribution in [0.1, 0.15) is 44.7 Å². The molecule has 5 nitrogen and oxygen atoms in total. The zero-order valence-corrected chi connectivity index (χ0v) is 14.4. The number of nitrogens with one attached hydrogen (secondary N) is 1. The van der Waals surface area contributed by atoms with Crippen molar-refractivity contribution in [1.82, 2.24) is 5.32 Å². The van der Waals surface area contributed by atoms with Crippen LogP contribution in [0.5, 0.6) is 0 Å². The van der Waals surface area contributed by atoms with Crippen molar-refractivity contribution in [2.45, 2.75) is 45.3 Å². The molecule has 0 spiro atoms. The van der Waals surface area contributed by atoms with Crippen LogP contribution in [-0.2, 0) is 9.53 Å². The van der Waals surface area contributed by atoms with Gasteiger partial charge >= 0.3 is 0 Å². The van der Waals surface area contributed by atoms with Crippen LogP contribution in [0.2, 0.25) is 0 Å². The highest BCUT2D eigenvalue weighted by atomic mass is 19.1. The molecule has 1 amide bonds. The Bertz CT molecular complexity index is 545. The van der Waals surface area contributed by atoms with Gasteiger partial charge in [-0.15, -0.1) is 0 Å². The smallest absolute Gasteiger partial charge is 0.222 e. The van der Waals surface area contributed by atoms with Crippen molar-refractivity contribution in [3.63, 3.8) is 0 Å². The molecule has 1 heterocycles. The molecule has 24 heavy (non-hydrogen) atoms. The zero-order valence-electron chi connectivity index (χ0n) is 14.4. The number of hydrogen-bond donors (Lipinski definition) is 2. The third-order valence-electron chi connectivity index (χ3n) is 4.32. The van der Waals surface area contributed by atoms with Crippen molar-refractivity contribution in [3.8, 4) is 0 Å². The molecular weight excluding hydrogens is 311 g/mol. The van der Waals surface area contributed by atoms with Gasteiger partial charge in [0.15, 0.2) is 0 Å². The number of anilines is 1. The first-order valence-corrected chi connectivity index (χ1v) is 8.60. The number of carbonyl (C=O) groups is 1. The summed E-state index contributed by atoms with van der Waals surface area (Å²) in [6.07, 6.45) is 1.43. The number of aliphatic hydroxyl groups excluding tert-OH is 1. The first-order chi connectivity index (χ1) is 11.5. The number of carbonyl (C=O) groups excluding carboxylic acids is 1. The maximum Gasteiger partial charge on any atom is 0.222 e. The molecule has 1 saturated heterocycles. The Morgan fingerprint density at radius 1 is 1.46 bits per heavy atom. The van der Waals surface area contributed by atoms with E-state index in [2.05, 4.69) is 10.2 Å². The minimum atomic E-state index is -0.318. The summed E-state index contributed by atoms with van der Waals surface area (Å²) < 4.78 is 18.9. The lowest BCUT2D eigenvalue weighted by atomic mass is 10.0. The number of nitrogens with zero attached hydrogens (tertiary/aromatic N) is 1. The molecule has 134 valence electrons. The zero-order chi connectivity index (χ0) is 17.5. The van der Waals surface area contributed by atoms with Gasteiger partial charge in [-0.05, 0) is 44.9 Å². The molecular formula is C18H27FN2O3. The number of halogens is 1. The van der Waals surface area contributed by atoms with Crippen LogP contribution in [0, 0.1) is 5.82 Å². The topological polar surface area (TPSA) is 61.8 Å². The van der Waals surface area contributed by atoms with Gasteiger partial charge in [0, 0.05) is 37.4 Å².